The van der Waals surface area contributed by atoms with E-state index in [1.54, 1.807) is 6.07 Å². The number of hydrogen-bond acceptors (Lipinski definition) is 1. The van der Waals surface area contributed by atoms with Crippen LogP contribution in [0, 0.1) is 0 Å². The fraction of sp³-hybridized carbons (Fsp3) is 0. The molecule has 76 valence electrons. The minimum absolute atomic E-state index is 0.634. The third-order valence-corrected chi connectivity index (χ3v) is 2.54. The maximum absolute atomic E-state index is 5.92. The maximum atomic E-state index is 5.92. The molecular weight excluding hydrogens is 229 g/mol. The highest BCUT2D eigenvalue weighted by Gasteiger charge is 2.00. The zero-order chi connectivity index (χ0) is 10.8. The van der Waals surface area contributed by atoms with Crippen LogP contribution in [0.5, 0.6) is 0 Å². The molecule has 2 N–H and O–H groups in total. The Balaban J connectivity index is 2.49. The Morgan fingerprint density at radius 3 is 1.80 bits per heavy atom. The van der Waals surface area contributed by atoms with Gasteiger partial charge in [-0.25, -0.2) is 0 Å². The molecular formula is C12H9Cl2N. The lowest BCUT2D eigenvalue weighted by molar-refractivity contribution is 1.61. The van der Waals surface area contributed by atoms with E-state index in [-0.39, 0.29) is 0 Å². The predicted octanol–water partition coefficient (Wildman–Crippen LogP) is 4.24. The lowest BCUT2D eigenvalue weighted by atomic mass is 10.1. The van der Waals surface area contributed by atoms with Crippen LogP contribution in [0.25, 0.3) is 11.1 Å². The van der Waals surface area contributed by atoms with Gasteiger partial charge in [0, 0.05) is 15.7 Å². The van der Waals surface area contributed by atoms with E-state index in [2.05, 4.69) is 0 Å². The molecule has 2 aromatic rings. The van der Waals surface area contributed by atoms with Gasteiger partial charge in [0.15, 0.2) is 0 Å². The summed E-state index contributed by atoms with van der Waals surface area (Å²) in [6.45, 7) is 0. The topological polar surface area (TPSA) is 26.0 Å². The lowest BCUT2D eigenvalue weighted by Gasteiger charge is -2.03. The van der Waals surface area contributed by atoms with Crippen LogP contribution in [-0.4, -0.2) is 0 Å². The van der Waals surface area contributed by atoms with Crippen molar-refractivity contribution in [1.82, 2.24) is 0 Å². The average molecular weight is 238 g/mol. The molecule has 0 atom stereocenters. The van der Waals surface area contributed by atoms with Gasteiger partial charge in [-0.1, -0.05) is 35.3 Å². The molecule has 0 radical (unpaired) electrons. The van der Waals surface area contributed by atoms with Gasteiger partial charge in [0.1, 0.15) is 0 Å². The van der Waals surface area contributed by atoms with Crippen molar-refractivity contribution >= 4 is 28.9 Å². The standard InChI is InChI=1S/C12H9Cl2N/c13-10-5-9(6-11(14)7-10)8-1-3-12(15)4-2-8/h1-7H,15H2. The Kier molecular flexibility index (Phi) is 2.85. The van der Waals surface area contributed by atoms with Crippen LogP contribution in [0.4, 0.5) is 5.69 Å². The molecule has 2 rings (SSSR count). The molecule has 3 heteroatoms. The van der Waals surface area contributed by atoms with Gasteiger partial charge >= 0.3 is 0 Å². The molecule has 0 spiro atoms. The lowest BCUT2D eigenvalue weighted by Crippen LogP contribution is -1.84. The summed E-state index contributed by atoms with van der Waals surface area (Å²) in [6, 6.07) is 13.0. The third kappa shape index (κ3) is 2.44. The van der Waals surface area contributed by atoms with Crippen LogP contribution < -0.4 is 5.73 Å². The molecule has 2 aromatic carbocycles. The number of hydrogen-bond donors (Lipinski definition) is 1. The Hall–Kier alpha value is -1.18. The largest absolute Gasteiger partial charge is 0.399 e. The van der Waals surface area contributed by atoms with Crippen molar-refractivity contribution in [2.75, 3.05) is 5.73 Å². The first-order chi connectivity index (χ1) is 7.15. The summed E-state index contributed by atoms with van der Waals surface area (Å²) in [4.78, 5) is 0. The summed E-state index contributed by atoms with van der Waals surface area (Å²) < 4.78 is 0. The Morgan fingerprint density at radius 2 is 1.27 bits per heavy atom. The van der Waals surface area contributed by atoms with Crippen LogP contribution in [-0.2, 0) is 0 Å². The van der Waals surface area contributed by atoms with Crippen molar-refractivity contribution in [3.63, 3.8) is 0 Å². The first kappa shape index (κ1) is 10.3. The number of halogens is 2. The molecule has 0 heterocycles. The van der Waals surface area contributed by atoms with Crippen LogP contribution in [0.2, 0.25) is 10.0 Å². The Bertz CT molecular complexity index is 457. The van der Waals surface area contributed by atoms with Crippen LogP contribution in [0.15, 0.2) is 42.5 Å². The number of rotatable bonds is 1. The van der Waals surface area contributed by atoms with Crippen molar-refractivity contribution in [2.24, 2.45) is 0 Å². The normalized spacial score (nSPS) is 10.3. The number of nitrogens with two attached hydrogens (primary N) is 1. The quantitative estimate of drug-likeness (QED) is 0.738. The Morgan fingerprint density at radius 1 is 0.733 bits per heavy atom. The molecule has 15 heavy (non-hydrogen) atoms. The second-order valence-electron chi connectivity index (χ2n) is 3.28. The highest BCUT2D eigenvalue weighted by atomic mass is 35.5. The summed E-state index contributed by atoms with van der Waals surface area (Å²) in [6.07, 6.45) is 0. The fourth-order valence-electron chi connectivity index (χ4n) is 1.40. The summed E-state index contributed by atoms with van der Waals surface area (Å²) in [7, 11) is 0. The minimum atomic E-state index is 0.634. The van der Waals surface area contributed by atoms with Crippen molar-refractivity contribution in [2.45, 2.75) is 0 Å². The molecule has 0 aliphatic carbocycles. The highest BCUT2D eigenvalue weighted by molar-refractivity contribution is 6.35. The van der Waals surface area contributed by atoms with Crippen LogP contribution in [0.3, 0.4) is 0 Å². The van der Waals surface area contributed by atoms with E-state index in [4.69, 9.17) is 28.9 Å². The van der Waals surface area contributed by atoms with Gasteiger partial charge in [0.25, 0.3) is 0 Å². The molecule has 0 fully saturated rings. The van der Waals surface area contributed by atoms with E-state index in [0.29, 0.717) is 10.0 Å². The average Bonchev–Trinajstić information content (AvgIpc) is 2.17. The van der Waals surface area contributed by atoms with E-state index in [1.165, 1.54) is 0 Å². The van der Waals surface area contributed by atoms with E-state index < -0.39 is 0 Å². The van der Waals surface area contributed by atoms with Crippen molar-refractivity contribution in [1.29, 1.82) is 0 Å². The number of anilines is 1. The summed E-state index contributed by atoms with van der Waals surface area (Å²) >= 11 is 11.8. The fourth-order valence-corrected chi connectivity index (χ4v) is 1.92. The second kappa shape index (κ2) is 4.13. The highest BCUT2D eigenvalue weighted by Crippen LogP contribution is 2.27. The molecule has 0 saturated heterocycles. The first-order valence-corrected chi connectivity index (χ1v) is 5.23. The van der Waals surface area contributed by atoms with Gasteiger partial charge in [-0.3, -0.25) is 0 Å². The molecule has 0 bridgehead atoms. The summed E-state index contributed by atoms with van der Waals surface area (Å²) in [5.74, 6) is 0. The van der Waals surface area contributed by atoms with Crippen molar-refractivity contribution in [3.8, 4) is 11.1 Å². The molecule has 0 amide bonds. The van der Waals surface area contributed by atoms with Crippen molar-refractivity contribution < 1.29 is 0 Å². The smallest absolute Gasteiger partial charge is 0.0426 e. The first-order valence-electron chi connectivity index (χ1n) is 4.47. The molecule has 0 saturated carbocycles. The van der Waals surface area contributed by atoms with E-state index in [1.807, 2.05) is 36.4 Å². The number of benzene rings is 2. The minimum Gasteiger partial charge on any atom is -0.399 e. The molecule has 0 aromatic heterocycles. The van der Waals surface area contributed by atoms with Crippen LogP contribution >= 0.6 is 23.2 Å². The predicted molar refractivity (Wildman–Crippen MR) is 66.3 cm³/mol. The zero-order valence-corrected chi connectivity index (χ0v) is 9.39. The SMILES string of the molecule is Nc1ccc(-c2cc(Cl)cc(Cl)c2)cc1. The van der Waals surface area contributed by atoms with Gasteiger partial charge in [-0.05, 0) is 41.5 Å². The monoisotopic (exact) mass is 237 g/mol. The van der Waals surface area contributed by atoms with Gasteiger partial charge < -0.3 is 5.73 Å². The third-order valence-electron chi connectivity index (χ3n) is 2.11. The second-order valence-corrected chi connectivity index (χ2v) is 4.15. The zero-order valence-electron chi connectivity index (χ0n) is 7.87. The van der Waals surface area contributed by atoms with Gasteiger partial charge in [0.05, 0.1) is 0 Å². The molecule has 0 aliphatic heterocycles. The summed E-state index contributed by atoms with van der Waals surface area (Å²) in [5.41, 5.74) is 8.40. The molecule has 0 unspecified atom stereocenters. The van der Waals surface area contributed by atoms with Gasteiger partial charge in [0.2, 0.25) is 0 Å². The van der Waals surface area contributed by atoms with E-state index in [9.17, 15) is 0 Å². The van der Waals surface area contributed by atoms with Crippen molar-refractivity contribution in [3.05, 3.63) is 52.5 Å². The van der Waals surface area contributed by atoms with Gasteiger partial charge in [-0.15, -0.1) is 0 Å². The maximum Gasteiger partial charge on any atom is 0.0426 e. The number of nitrogen functional groups attached to an aromatic ring is 1. The van der Waals surface area contributed by atoms with Gasteiger partial charge in [-0.2, -0.15) is 0 Å². The van der Waals surface area contributed by atoms with Crippen LogP contribution in [0.1, 0.15) is 0 Å². The molecule has 0 aliphatic rings. The Labute approximate surface area is 98.4 Å². The molecule has 1 nitrogen and oxygen atoms in total. The van der Waals surface area contributed by atoms with E-state index >= 15 is 0 Å². The summed E-state index contributed by atoms with van der Waals surface area (Å²) in [5, 5.41) is 1.27. The van der Waals surface area contributed by atoms with E-state index in [0.717, 1.165) is 16.8 Å².